The normalized spacial score (nSPS) is 17.1. The highest BCUT2D eigenvalue weighted by Gasteiger charge is 2.29. The molecule has 2 aromatic carbocycles. The Morgan fingerprint density at radius 2 is 2.15 bits per heavy atom. The van der Waals surface area contributed by atoms with E-state index in [-0.39, 0.29) is 24.4 Å². The summed E-state index contributed by atoms with van der Waals surface area (Å²) in [6.45, 7) is 1.52. The molecule has 2 N–H and O–H groups in total. The van der Waals surface area contributed by atoms with Crippen LogP contribution in [-0.2, 0) is 17.9 Å². The van der Waals surface area contributed by atoms with Crippen LogP contribution in [-0.4, -0.2) is 30.5 Å². The number of amides is 1. The van der Waals surface area contributed by atoms with Gasteiger partial charge in [-0.15, -0.1) is 0 Å². The van der Waals surface area contributed by atoms with Gasteiger partial charge in [-0.3, -0.25) is 9.69 Å². The first-order valence-corrected chi connectivity index (χ1v) is 9.55. The Bertz CT molecular complexity index is 831. The molecule has 27 heavy (non-hydrogen) atoms. The summed E-state index contributed by atoms with van der Waals surface area (Å²) >= 11 is 3.52. The Hall–Kier alpha value is -2.12. The Balaban J connectivity index is 1.77. The van der Waals surface area contributed by atoms with Gasteiger partial charge in [-0.2, -0.15) is 0 Å². The molecule has 1 atom stereocenters. The van der Waals surface area contributed by atoms with Gasteiger partial charge in [0.05, 0.1) is 17.6 Å². The van der Waals surface area contributed by atoms with E-state index in [1.54, 1.807) is 25.3 Å². The molecule has 1 amide bonds. The summed E-state index contributed by atoms with van der Waals surface area (Å²) in [7, 11) is 1.56. The molecule has 0 bridgehead atoms. The number of carbonyl (C=O) groups excluding carboxylic acids is 1. The van der Waals surface area contributed by atoms with E-state index in [1.165, 1.54) is 6.07 Å². The number of primary amides is 1. The van der Waals surface area contributed by atoms with Crippen LogP contribution < -0.4 is 15.2 Å². The second kappa shape index (κ2) is 8.71. The molecule has 1 fully saturated rings. The second-order valence-corrected chi connectivity index (χ2v) is 7.37. The van der Waals surface area contributed by atoms with Crippen LogP contribution >= 0.6 is 15.9 Å². The lowest BCUT2D eigenvalue weighted by molar-refractivity contribution is -0.122. The van der Waals surface area contributed by atoms with E-state index < -0.39 is 0 Å². The van der Waals surface area contributed by atoms with E-state index in [0.717, 1.165) is 24.9 Å². The smallest absolute Gasteiger partial charge is 0.234 e. The molecular formula is C20H22BrFN2O3. The second-order valence-electron chi connectivity index (χ2n) is 6.52. The maximum atomic E-state index is 13.8. The molecular weight excluding hydrogens is 415 g/mol. The van der Waals surface area contributed by atoms with Crippen molar-refractivity contribution in [2.45, 2.75) is 32.0 Å². The number of halogens is 2. The molecule has 3 rings (SSSR count). The van der Waals surface area contributed by atoms with Gasteiger partial charge in [0.2, 0.25) is 5.91 Å². The molecule has 0 aromatic heterocycles. The fourth-order valence-corrected chi connectivity index (χ4v) is 3.95. The standard InChI is InChI=1S/C20H22BrFN2O3/c1-26-18-10-13(11-24-8-4-7-17(24)20(23)25)9-15(21)19(18)27-12-14-5-2-3-6-16(14)22/h2-3,5-6,9-10,17H,4,7-8,11-12H2,1H3,(H2,23,25). The highest BCUT2D eigenvalue weighted by Crippen LogP contribution is 2.38. The Morgan fingerprint density at radius 1 is 1.37 bits per heavy atom. The highest BCUT2D eigenvalue weighted by molar-refractivity contribution is 9.10. The SMILES string of the molecule is COc1cc(CN2CCCC2C(N)=O)cc(Br)c1OCc1ccccc1F. The zero-order valence-corrected chi connectivity index (χ0v) is 16.7. The number of likely N-dealkylation sites (tertiary alicyclic amines) is 1. The number of carbonyl (C=O) groups is 1. The van der Waals surface area contributed by atoms with Gasteiger partial charge in [0.15, 0.2) is 11.5 Å². The minimum atomic E-state index is -0.310. The predicted molar refractivity (Wildman–Crippen MR) is 104 cm³/mol. The number of nitrogens with zero attached hydrogens (tertiary/aromatic N) is 1. The van der Waals surface area contributed by atoms with Crippen molar-refractivity contribution >= 4 is 21.8 Å². The van der Waals surface area contributed by atoms with Gasteiger partial charge in [-0.25, -0.2) is 4.39 Å². The van der Waals surface area contributed by atoms with E-state index in [2.05, 4.69) is 20.8 Å². The van der Waals surface area contributed by atoms with E-state index in [9.17, 15) is 9.18 Å². The third-order valence-corrected chi connectivity index (χ3v) is 5.29. The zero-order valence-electron chi connectivity index (χ0n) is 15.1. The number of benzene rings is 2. The Labute approximate surface area is 166 Å². The first-order chi connectivity index (χ1) is 13.0. The largest absolute Gasteiger partial charge is 0.493 e. The lowest BCUT2D eigenvalue weighted by Crippen LogP contribution is -2.39. The summed E-state index contributed by atoms with van der Waals surface area (Å²) < 4.78 is 25.8. The summed E-state index contributed by atoms with van der Waals surface area (Å²) in [6, 6.07) is 10.1. The molecule has 144 valence electrons. The maximum absolute atomic E-state index is 13.8. The average molecular weight is 437 g/mol. The number of nitrogens with two attached hydrogens (primary N) is 1. The van der Waals surface area contributed by atoms with Crippen molar-refractivity contribution in [1.82, 2.24) is 4.90 Å². The minimum Gasteiger partial charge on any atom is -0.493 e. The van der Waals surface area contributed by atoms with Gasteiger partial charge in [0.1, 0.15) is 12.4 Å². The summed E-state index contributed by atoms with van der Waals surface area (Å²) in [5.41, 5.74) is 6.94. The molecule has 1 aliphatic heterocycles. The number of ether oxygens (including phenoxy) is 2. The van der Waals surface area contributed by atoms with Gasteiger partial charge in [0, 0.05) is 12.1 Å². The van der Waals surface area contributed by atoms with Crippen molar-refractivity contribution in [1.29, 1.82) is 0 Å². The van der Waals surface area contributed by atoms with Crippen molar-refractivity contribution in [3.05, 3.63) is 57.8 Å². The van der Waals surface area contributed by atoms with E-state index in [0.29, 0.717) is 28.1 Å². The fourth-order valence-electron chi connectivity index (χ4n) is 3.34. The van der Waals surface area contributed by atoms with Crippen LogP contribution in [0.3, 0.4) is 0 Å². The number of hydrogen-bond donors (Lipinski definition) is 1. The summed E-state index contributed by atoms with van der Waals surface area (Å²) in [5, 5.41) is 0. The maximum Gasteiger partial charge on any atom is 0.234 e. The van der Waals surface area contributed by atoms with Crippen molar-refractivity contribution in [3.63, 3.8) is 0 Å². The molecule has 7 heteroatoms. The van der Waals surface area contributed by atoms with Gasteiger partial charge in [-0.05, 0) is 59.1 Å². The van der Waals surface area contributed by atoms with Gasteiger partial charge in [-0.1, -0.05) is 18.2 Å². The van der Waals surface area contributed by atoms with Gasteiger partial charge < -0.3 is 15.2 Å². The van der Waals surface area contributed by atoms with Crippen LogP contribution in [0.2, 0.25) is 0 Å². The average Bonchev–Trinajstić information content (AvgIpc) is 3.10. The lowest BCUT2D eigenvalue weighted by atomic mass is 10.1. The molecule has 5 nitrogen and oxygen atoms in total. The van der Waals surface area contributed by atoms with Crippen LogP contribution in [0.5, 0.6) is 11.5 Å². The molecule has 0 spiro atoms. The third-order valence-electron chi connectivity index (χ3n) is 4.70. The molecule has 0 saturated carbocycles. The first kappa shape index (κ1) is 19.6. The summed E-state index contributed by atoms with van der Waals surface area (Å²) in [4.78, 5) is 13.7. The van der Waals surface area contributed by atoms with Crippen LogP contribution in [0.1, 0.15) is 24.0 Å². The lowest BCUT2D eigenvalue weighted by Gasteiger charge is -2.23. The number of hydrogen-bond acceptors (Lipinski definition) is 4. The van der Waals surface area contributed by atoms with Crippen LogP contribution in [0.25, 0.3) is 0 Å². The zero-order chi connectivity index (χ0) is 19.4. The minimum absolute atomic E-state index is 0.0941. The van der Waals surface area contributed by atoms with Crippen molar-refractivity contribution in [2.75, 3.05) is 13.7 Å². The Morgan fingerprint density at radius 3 is 2.85 bits per heavy atom. The summed E-state index contributed by atoms with van der Waals surface area (Å²) in [5.74, 6) is 0.460. The van der Waals surface area contributed by atoms with Gasteiger partial charge >= 0.3 is 0 Å². The predicted octanol–water partition coefficient (Wildman–Crippen LogP) is 3.63. The number of methoxy groups -OCH3 is 1. The van der Waals surface area contributed by atoms with Crippen LogP contribution in [0, 0.1) is 5.82 Å². The van der Waals surface area contributed by atoms with Crippen LogP contribution in [0.4, 0.5) is 4.39 Å². The van der Waals surface area contributed by atoms with Crippen LogP contribution in [0.15, 0.2) is 40.9 Å². The van der Waals surface area contributed by atoms with E-state index in [4.69, 9.17) is 15.2 Å². The quantitative estimate of drug-likeness (QED) is 0.719. The summed E-state index contributed by atoms with van der Waals surface area (Å²) in [6.07, 6.45) is 1.74. The molecule has 1 saturated heterocycles. The molecule has 1 unspecified atom stereocenters. The Kier molecular flexibility index (Phi) is 6.34. The van der Waals surface area contributed by atoms with E-state index in [1.807, 2.05) is 12.1 Å². The van der Waals surface area contributed by atoms with Gasteiger partial charge in [0.25, 0.3) is 0 Å². The van der Waals surface area contributed by atoms with E-state index >= 15 is 0 Å². The number of rotatable bonds is 7. The van der Waals surface area contributed by atoms with Crippen molar-refractivity contribution < 1.29 is 18.7 Å². The molecule has 0 aliphatic carbocycles. The molecule has 1 aliphatic rings. The fraction of sp³-hybridized carbons (Fsp3) is 0.350. The molecule has 1 heterocycles. The first-order valence-electron chi connectivity index (χ1n) is 8.75. The monoisotopic (exact) mass is 436 g/mol. The van der Waals surface area contributed by atoms with Crippen molar-refractivity contribution in [3.8, 4) is 11.5 Å². The highest BCUT2D eigenvalue weighted by atomic mass is 79.9. The topological polar surface area (TPSA) is 64.8 Å². The molecule has 2 aromatic rings. The molecule has 0 radical (unpaired) electrons. The van der Waals surface area contributed by atoms with Crippen molar-refractivity contribution in [2.24, 2.45) is 5.73 Å². The third kappa shape index (κ3) is 4.59.